The first-order valence-corrected chi connectivity index (χ1v) is 7.84. The zero-order valence-corrected chi connectivity index (χ0v) is 11.3. The van der Waals surface area contributed by atoms with E-state index in [1.165, 1.54) is 25.7 Å². The Morgan fingerprint density at radius 2 is 2.39 bits per heavy atom. The molecule has 2 fully saturated rings. The number of aromatic nitrogens is 2. The molecule has 2 heterocycles. The van der Waals surface area contributed by atoms with Gasteiger partial charge in [0.1, 0.15) is 0 Å². The van der Waals surface area contributed by atoms with E-state index < -0.39 is 0 Å². The lowest BCUT2D eigenvalue weighted by atomic mass is 9.82. The number of hydrogen-bond donors (Lipinski definition) is 1. The monoisotopic (exact) mass is 261 g/mol. The van der Waals surface area contributed by atoms with E-state index in [4.69, 9.17) is 5.73 Å². The average molecular weight is 261 g/mol. The van der Waals surface area contributed by atoms with Crippen LogP contribution < -0.4 is 5.73 Å². The van der Waals surface area contributed by atoms with Crippen LogP contribution in [-0.4, -0.2) is 15.4 Å². The zero-order valence-electron chi connectivity index (χ0n) is 10.5. The van der Waals surface area contributed by atoms with Crippen molar-refractivity contribution in [2.24, 2.45) is 23.5 Å². The maximum absolute atomic E-state index is 6.44. The van der Waals surface area contributed by atoms with Crippen molar-refractivity contribution in [3.8, 4) is 0 Å². The number of thiazole rings is 1. The van der Waals surface area contributed by atoms with Crippen molar-refractivity contribution in [2.45, 2.75) is 38.1 Å². The van der Waals surface area contributed by atoms with Gasteiger partial charge < -0.3 is 5.73 Å². The number of fused-ring (bicyclic) bond motifs is 3. The molecular formula is C14H19N3S. The first-order valence-electron chi connectivity index (χ1n) is 6.96. The summed E-state index contributed by atoms with van der Waals surface area (Å²) >= 11 is 1.69. The predicted octanol–water partition coefficient (Wildman–Crippen LogP) is 2.70. The Morgan fingerprint density at radius 3 is 3.11 bits per heavy atom. The lowest BCUT2D eigenvalue weighted by Crippen LogP contribution is -2.35. The Morgan fingerprint density at radius 1 is 1.44 bits per heavy atom. The number of hydrogen-bond acceptors (Lipinski definition) is 3. The van der Waals surface area contributed by atoms with Crippen LogP contribution in [0.25, 0.3) is 4.96 Å². The van der Waals surface area contributed by atoms with E-state index in [2.05, 4.69) is 27.2 Å². The molecule has 18 heavy (non-hydrogen) atoms. The minimum atomic E-state index is 0.310. The second-order valence-electron chi connectivity index (χ2n) is 6.03. The van der Waals surface area contributed by atoms with Crippen molar-refractivity contribution < 1.29 is 0 Å². The van der Waals surface area contributed by atoms with Crippen LogP contribution in [0.15, 0.2) is 17.8 Å². The predicted molar refractivity (Wildman–Crippen MR) is 73.7 cm³/mol. The highest BCUT2D eigenvalue weighted by molar-refractivity contribution is 7.15. The maximum Gasteiger partial charge on any atom is 0.193 e. The summed E-state index contributed by atoms with van der Waals surface area (Å²) in [6.45, 7) is 0. The Kier molecular flexibility index (Phi) is 2.49. The minimum Gasteiger partial charge on any atom is -0.327 e. The van der Waals surface area contributed by atoms with Gasteiger partial charge in [0.15, 0.2) is 4.96 Å². The third-order valence-corrected chi connectivity index (χ3v) is 5.70. The third-order valence-electron chi connectivity index (χ3n) is 4.93. The molecule has 2 aromatic rings. The molecule has 2 aliphatic rings. The van der Waals surface area contributed by atoms with E-state index in [0.29, 0.717) is 6.04 Å². The maximum atomic E-state index is 6.44. The van der Waals surface area contributed by atoms with Gasteiger partial charge in [-0.05, 0) is 37.0 Å². The molecular weight excluding hydrogens is 242 g/mol. The Labute approximate surface area is 111 Å². The summed E-state index contributed by atoms with van der Waals surface area (Å²) in [6, 6.07) is 0.310. The summed E-state index contributed by atoms with van der Waals surface area (Å²) < 4.78 is 2.10. The molecule has 4 rings (SSSR count). The molecule has 0 amide bonds. The highest BCUT2D eigenvalue weighted by atomic mass is 32.1. The van der Waals surface area contributed by atoms with Crippen LogP contribution in [0.4, 0.5) is 0 Å². The van der Waals surface area contributed by atoms with E-state index >= 15 is 0 Å². The second kappa shape index (κ2) is 4.07. The van der Waals surface area contributed by atoms with E-state index in [-0.39, 0.29) is 0 Å². The topological polar surface area (TPSA) is 43.3 Å². The summed E-state index contributed by atoms with van der Waals surface area (Å²) in [5.74, 6) is 2.65. The van der Waals surface area contributed by atoms with Crippen LogP contribution in [0.2, 0.25) is 0 Å². The normalized spacial score (nSPS) is 32.4. The van der Waals surface area contributed by atoms with Crippen LogP contribution in [0.5, 0.6) is 0 Å². The van der Waals surface area contributed by atoms with Crippen molar-refractivity contribution in [3.63, 3.8) is 0 Å². The van der Waals surface area contributed by atoms with Crippen LogP contribution in [0.1, 0.15) is 31.4 Å². The van der Waals surface area contributed by atoms with Gasteiger partial charge >= 0.3 is 0 Å². The molecule has 0 radical (unpaired) electrons. The van der Waals surface area contributed by atoms with E-state index in [9.17, 15) is 0 Å². The van der Waals surface area contributed by atoms with E-state index in [1.54, 1.807) is 11.3 Å². The Balaban J connectivity index is 1.49. The fourth-order valence-corrected chi connectivity index (χ4v) is 4.80. The molecule has 0 aliphatic heterocycles. The van der Waals surface area contributed by atoms with Crippen LogP contribution in [0.3, 0.4) is 0 Å². The summed E-state index contributed by atoms with van der Waals surface area (Å²) in [4.78, 5) is 5.74. The lowest BCUT2D eigenvalue weighted by molar-refractivity contribution is 0.279. The van der Waals surface area contributed by atoms with Gasteiger partial charge in [0.25, 0.3) is 0 Å². The third kappa shape index (κ3) is 1.70. The molecule has 0 spiro atoms. The smallest absolute Gasteiger partial charge is 0.193 e. The van der Waals surface area contributed by atoms with Crippen molar-refractivity contribution in [3.05, 3.63) is 23.5 Å². The molecule has 96 valence electrons. The Hall–Kier alpha value is -0.870. The molecule has 4 atom stereocenters. The average Bonchev–Trinajstić information content (AvgIpc) is 3.07. The lowest BCUT2D eigenvalue weighted by Gasteiger charge is -2.27. The number of nitrogens with two attached hydrogens (primary N) is 1. The van der Waals surface area contributed by atoms with Crippen molar-refractivity contribution in [1.82, 2.24) is 9.38 Å². The molecule has 2 saturated carbocycles. The zero-order chi connectivity index (χ0) is 12.1. The van der Waals surface area contributed by atoms with E-state index in [0.717, 1.165) is 34.8 Å². The standard InChI is InChI=1S/C14H19N3S/c15-13(12-6-9-1-2-10(12)5-9)7-11-8-17-3-4-18-14(17)16-11/h3-4,8-10,12-13H,1-2,5-7,15H2. The molecule has 2 bridgehead atoms. The van der Waals surface area contributed by atoms with Crippen molar-refractivity contribution in [1.29, 1.82) is 0 Å². The van der Waals surface area contributed by atoms with Gasteiger partial charge in [-0.1, -0.05) is 6.42 Å². The van der Waals surface area contributed by atoms with Gasteiger partial charge in [-0.3, -0.25) is 4.40 Å². The summed E-state index contributed by atoms with van der Waals surface area (Å²) in [6.07, 6.45) is 10.8. The first-order chi connectivity index (χ1) is 8.79. The van der Waals surface area contributed by atoms with Gasteiger partial charge in [-0.25, -0.2) is 4.98 Å². The number of nitrogens with zero attached hydrogens (tertiary/aromatic N) is 2. The fourth-order valence-electron chi connectivity index (χ4n) is 4.09. The molecule has 4 heteroatoms. The molecule has 0 saturated heterocycles. The van der Waals surface area contributed by atoms with Crippen molar-refractivity contribution in [2.75, 3.05) is 0 Å². The van der Waals surface area contributed by atoms with Gasteiger partial charge in [-0.15, -0.1) is 11.3 Å². The number of imidazole rings is 1. The van der Waals surface area contributed by atoms with Crippen LogP contribution in [0, 0.1) is 17.8 Å². The fraction of sp³-hybridized carbons (Fsp3) is 0.643. The highest BCUT2D eigenvalue weighted by Gasteiger charge is 2.42. The molecule has 3 nitrogen and oxygen atoms in total. The SMILES string of the molecule is NC(Cc1cn2ccsc2n1)C1CC2CCC1C2. The van der Waals surface area contributed by atoms with E-state index in [1.807, 2.05) is 0 Å². The van der Waals surface area contributed by atoms with Crippen LogP contribution in [-0.2, 0) is 6.42 Å². The van der Waals surface area contributed by atoms with Gasteiger partial charge in [0.05, 0.1) is 5.69 Å². The largest absolute Gasteiger partial charge is 0.327 e. The number of rotatable bonds is 3. The van der Waals surface area contributed by atoms with Crippen LogP contribution >= 0.6 is 11.3 Å². The molecule has 0 aromatic carbocycles. The van der Waals surface area contributed by atoms with Crippen molar-refractivity contribution >= 4 is 16.3 Å². The van der Waals surface area contributed by atoms with Gasteiger partial charge in [-0.2, -0.15) is 0 Å². The molecule has 2 N–H and O–H groups in total. The Bertz CT molecular complexity index is 530. The minimum absolute atomic E-state index is 0.310. The molecule has 4 unspecified atom stereocenters. The summed E-state index contributed by atoms with van der Waals surface area (Å²) in [5.41, 5.74) is 7.61. The highest BCUT2D eigenvalue weighted by Crippen LogP contribution is 2.49. The quantitative estimate of drug-likeness (QED) is 0.923. The van der Waals surface area contributed by atoms with Gasteiger partial charge in [0.2, 0.25) is 0 Å². The molecule has 2 aliphatic carbocycles. The second-order valence-corrected chi connectivity index (χ2v) is 6.90. The van der Waals surface area contributed by atoms with Gasteiger partial charge in [0, 0.05) is 30.2 Å². The molecule has 2 aromatic heterocycles. The summed E-state index contributed by atoms with van der Waals surface area (Å²) in [5, 5.41) is 2.07. The summed E-state index contributed by atoms with van der Waals surface area (Å²) in [7, 11) is 0. The first kappa shape index (κ1) is 11.0.